The number of esters is 1. The molecular formula is C42H32N4O7. The van der Waals surface area contributed by atoms with Crippen LogP contribution in [0.2, 0.25) is 0 Å². The third-order valence-electron chi connectivity index (χ3n) is 10.3. The number of nitrogens with zero attached hydrogens (tertiary/aromatic N) is 3. The van der Waals surface area contributed by atoms with E-state index in [1.165, 1.54) is 4.90 Å². The zero-order chi connectivity index (χ0) is 36.4. The van der Waals surface area contributed by atoms with E-state index in [2.05, 4.69) is 5.32 Å². The van der Waals surface area contributed by atoms with Crippen LogP contribution in [0.25, 0.3) is 33.0 Å². The van der Waals surface area contributed by atoms with Crippen molar-refractivity contribution in [2.45, 2.75) is 31.3 Å². The Morgan fingerprint density at radius 1 is 0.698 bits per heavy atom. The number of benzene rings is 4. The van der Waals surface area contributed by atoms with E-state index in [1.807, 2.05) is 77.0 Å². The molecule has 0 radical (unpaired) electrons. The van der Waals surface area contributed by atoms with Crippen molar-refractivity contribution >= 4 is 62.6 Å². The van der Waals surface area contributed by atoms with Gasteiger partial charge in [-0.1, -0.05) is 66.7 Å². The highest BCUT2D eigenvalue weighted by atomic mass is 16.6. The number of hydrogen-bond acceptors (Lipinski definition) is 7. The number of carbonyl (C=O) groups is 5. The van der Waals surface area contributed by atoms with Crippen molar-refractivity contribution in [3.8, 4) is 0 Å². The van der Waals surface area contributed by atoms with E-state index in [0.717, 1.165) is 16.4 Å². The smallest absolute Gasteiger partial charge is 0.338 e. The Hall–Kier alpha value is -6.59. The van der Waals surface area contributed by atoms with E-state index in [-0.39, 0.29) is 30.5 Å². The van der Waals surface area contributed by atoms with Gasteiger partial charge >= 0.3 is 5.97 Å². The maximum Gasteiger partial charge on any atom is 0.338 e. The van der Waals surface area contributed by atoms with Gasteiger partial charge in [0, 0.05) is 59.7 Å². The van der Waals surface area contributed by atoms with Gasteiger partial charge in [0.25, 0.3) is 23.6 Å². The quantitative estimate of drug-likeness (QED) is 0.162. The third-order valence-corrected chi connectivity index (χ3v) is 10.3. The molecule has 2 aromatic heterocycles. The second-order valence-corrected chi connectivity index (χ2v) is 13.5. The molecule has 11 heteroatoms. The molecule has 3 aliphatic heterocycles. The second kappa shape index (κ2) is 12.6. The molecular weight excluding hydrogens is 672 g/mol. The Balaban J connectivity index is 1.12. The van der Waals surface area contributed by atoms with Gasteiger partial charge in [-0.25, -0.2) is 4.79 Å². The van der Waals surface area contributed by atoms with Crippen molar-refractivity contribution in [3.05, 3.63) is 143 Å². The SMILES string of the molecule is Cn1cc(C2=C(c3cn([C@@H]4C[C@@H](OC(=O)c5ccccc5)C[C@@H](CN5C(=O)c6ccccc6C5=O)O4)c4ccccc34)C(=O)NC2=O)c2ccccc21. The van der Waals surface area contributed by atoms with Crippen molar-refractivity contribution in [1.29, 1.82) is 0 Å². The summed E-state index contributed by atoms with van der Waals surface area (Å²) in [6.45, 7) is -0.0540. The zero-order valence-electron chi connectivity index (χ0n) is 28.5. The number of hydrogen-bond donors (Lipinski definition) is 1. The highest BCUT2D eigenvalue weighted by Gasteiger charge is 2.41. The van der Waals surface area contributed by atoms with Crippen LogP contribution in [-0.2, 0) is 26.1 Å². The fraction of sp³-hybridized carbons (Fsp3) is 0.167. The maximum absolute atomic E-state index is 13.7. The van der Waals surface area contributed by atoms with Gasteiger partial charge < -0.3 is 18.6 Å². The third kappa shape index (κ3) is 5.36. The van der Waals surface area contributed by atoms with Gasteiger partial charge in [0.15, 0.2) is 0 Å². The molecule has 0 bridgehead atoms. The summed E-state index contributed by atoms with van der Waals surface area (Å²) >= 11 is 0. The molecule has 53 heavy (non-hydrogen) atoms. The minimum atomic E-state index is -0.738. The van der Waals surface area contributed by atoms with E-state index in [1.54, 1.807) is 54.7 Å². The molecule has 0 saturated carbocycles. The second-order valence-electron chi connectivity index (χ2n) is 13.5. The topological polar surface area (TPSA) is 129 Å². The van der Waals surface area contributed by atoms with E-state index in [0.29, 0.717) is 33.2 Å². The lowest BCUT2D eigenvalue weighted by Crippen LogP contribution is -2.44. The molecule has 262 valence electrons. The van der Waals surface area contributed by atoms with E-state index < -0.39 is 48.0 Å². The number of rotatable bonds is 7. The lowest BCUT2D eigenvalue weighted by Gasteiger charge is -2.37. The number of nitrogens with one attached hydrogen (secondary N) is 1. The minimum absolute atomic E-state index is 0.0540. The standard InChI is InChI=1S/C42H32N4O7/c1-44-22-31(27-13-7-9-17-33(27)44)36-37(39(48)43-38(36)47)32-23-45(34-18-10-8-14-28(32)34)35-20-25(53-42(51)24-11-3-2-4-12-24)19-26(52-35)21-46-40(49)29-15-5-6-16-30(29)41(46)50/h2-18,22-23,25-26,35H,19-21H2,1H3,(H,43,47,48)/t25-,26-,35-/m0/s1. The predicted octanol–water partition coefficient (Wildman–Crippen LogP) is 5.90. The Labute approximate surface area is 303 Å². The molecule has 1 fully saturated rings. The first-order valence-electron chi connectivity index (χ1n) is 17.4. The Kier molecular flexibility index (Phi) is 7.67. The van der Waals surface area contributed by atoms with Crippen LogP contribution in [-0.4, -0.2) is 62.4 Å². The molecule has 0 aliphatic carbocycles. The fourth-order valence-corrected chi connectivity index (χ4v) is 7.90. The molecule has 11 nitrogen and oxygen atoms in total. The van der Waals surface area contributed by atoms with Crippen LogP contribution in [0.15, 0.2) is 116 Å². The number of imide groups is 2. The van der Waals surface area contributed by atoms with Gasteiger partial charge in [-0.15, -0.1) is 0 Å². The summed E-state index contributed by atoms with van der Waals surface area (Å²) in [5.74, 6) is -2.32. The fourth-order valence-electron chi connectivity index (χ4n) is 7.90. The molecule has 3 atom stereocenters. The molecule has 0 unspecified atom stereocenters. The van der Waals surface area contributed by atoms with Crippen molar-refractivity contribution in [2.75, 3.05) is 6.54 Å². The molecule has 1 N–H and O–H groups in total. The molecule has 4 amide bonds. The molecule has 6 aromatic rings. The van der Waals surface area contributed by atoms with Crippen LogP contribution in [0, 0.1) is 0 Å². The minimum Gasteiger partial charge on any atom is -0.458 e. The van der Waals surface area contributed by atoms with Crippen LogP contribution >= 0.6 is 0 Å². The number of aryl methyl sites for hydroxylation is 1. The lowest BCUT2D eigenvalue weighted by atomic mass is 9.95. The van der Waals surface area contributed by atoms with Gasteiger partial charge in [0.1, 0.15) is 12.3 Å². The van der Waals surface area contributed by atoms with Crippen molar-refractivity contribution in [3.63, 3.8) is 0 Å². The van der Waals surface area contributed by atoms with Crippen molar-refractivity contribution in [1.82, 2.24) is 19.4 Å². The highest BCUT2D eigenvalue weighted by molar-refractivity contribution is 6.50. The molecule has 5 heterocycles. The normalized spacial score (nSPS) is 20.1. The summed E-state index contributed by atoms with van der Waals surface area (Å²) in [5, 5.41) is 4.08. The number of carbonyl (C=O) groups excluding carboxylic acids is 5. The van der Waals surface area contributed by atoms with Crippen LogP contribution in [0.4, 0.5) is 0 Å². The summed E-state index contributed by atoms with van der Waals surface area (Å²) in [7, 11) is 1.90. The van der Waals surface area contributed by atoms with Gasteiger partial charge in [0.05, 0.1) is 46.0 Å². The van der Waals surface area contributed by atoms with E-state index >= 15 is 0 Å². The van der Waals surface area contributed by atoms with Crippen LogP contribution in [0.1, 0.15) is 61.3 Å². The van der Waals surface area contributed by atoms with E-state index in [4.69, 9.17) is 9.47 Å². The van der Waals surface area contributed by atoms with Crippen molar-refractivity contribution in [2.24, 2.45) is 7.05 Å². The molecule has 4 aromatic carbocycles. The first kappa shape index (κ1) is 32.3. The van der Waals surface area contributed by atoms with Crippen molar-refractivity contribution < 1.29 is 33.4 Å². The first-order chi connectivity index (χ1) is 25.8. The average molecular weight is 705 g/mol. The largest absolute Gasteiger partial charge is 0.458 e. The summed E-state index contributed by atoms with van der Waals surface area (Å²) in [6, 6.07) is 30.6. The van der Waals surface area contributed by atoms with Gasteiger partial charge in [-0.3, -0.25) is 29.4 Å². The lowest BCUT2D eigenvalue weighted by molar-refractivity contribution is -0.132. The number of aromatic nitrogens is 2. The molecule has 9 rings (SSSR count). The monoisotopic (exact) mass is 704 g/mol. The number of ether oxygens (including phenoxy) is 2. The maximum atomic E-state index is 13.7. The zero-order valence-corrected chi connectivity index (χ0v) is 28.5. The number of fused-ring (bicyclic) bond motifs is 3. The van der Waals surface area contributed by atoms with E-state index in [9.17, 15) is 24.0 Å². The summed E-state index contributed by atoms with van der Waals surface area (Å²) in [5.41, 5.74) is 4.39. The number of para-hydroxylation sites is 2. The van der Waals surface area contributed by atoms with Crippen LogP contribution < -0.4 is 5.32 Å². The highest BCUT2D eigenvalue weighted by Crippen LogP contribution is 2.41. The Bertz CT molecular complexity index is 2530. The van der Waals surface area contributed by atoms with Crippen LogP contribution in [0.3, 0.4) is 0 Å². The summed E-state index contributed by atoms with van der Waals surface area (Å²) in [4.78, 5) is 68.5. The first-order valence-corrected chi connectivity index (χ1v) is 17.4. The number of amides is 4. The molecule has 1 saturated heterocycles. The summed E-state index contributed by atoms with van der Waals surface area (Å²) in [6.07, 6.45) is 2.06. The summed E-state index contributed by atoms with van der Waals surface area (Å²) < 4.78 is 16.6. The Morgan fingerprint density at radius 2 is 1.26 bits per heavy atom. The van der Waals surface area contributed by atoms with Gasteiger partial charge in [-0.2, -0.15) is 0 Å². The molecule has 3 aliphatic rings. The molecule has 0 spiro atoms. The van der Waals surface area contributed by atoms with Gasteiger partial charge in [-0.05, 0) is 36.4 Å². The average Bonchev–Trinajstić information content (AvgIpc) is 3.88. The predicted molar refractivity (Wildman–Crippen MR) is 195 cm³/mol. The Morgan fingerprint density at radius 3 is 1.94 bits per heavy atom. The van der Waals surface area contributed by atoms with Gasteiger partial charge in [0.2, 0.25) is 0 Å². The van der Waals surface area contributed by atoms with Crippen LogP contribution in [0.5, 0.6) is 0 Å².